The van der Waals surface area contributed by atoms with E-state index in [9.17, 15) is 13.2 Å². The van der Waals surface area contributed by atoms with E-state index in [1.165, 1.54) is 0 Å². The molecule has 31 heavy (non-hydrogen) atoms. The van der Waals surface area contributed by atoms with Gasteiger partial charge in [-0.2, -0.15) is 8.42 Å². The molecule has 0 bridgehead atoms. The van der Waals surface area contributed by atoms with Gasteiger partial charge in [0.25, 0.3) is 0 Å². The minimum Gasteiger partial charge on any atom is -0.465 e. The smallest absolute Gasteiger partial charge is 0.339 e. The van der Waals surface area contributed by atoms with Crippen LogP contribution in [0.5, 0.6) is 5.75 Å². The zero-order valence-electron chi connectivity index (χ0n) is 16.9. The quantitative estimate of drug-likeness (QED) is 0.332. The van der Waals surface area contributed by atoms with E-state index in [0.717, 1.165) is 28.3 Å². The second kappa shape index (κ2) is 7.24. The summed E-state index contributed by atoms with van der Waals surface area (Å²) in [6, 6.07) is 19.4. The second-order valence-electron chi connectivity index (χ2n) is 8.45. The van der Waals surface area contributed by atoms with Crippen LogP contribution in [0.1, 0.15) is 18.4 Å². The fourth-order valence-corrected chi connectivity index (χ4v) is 5.75. The Balaban J connectivity index is 1.35. The molecule has 0 amide bonds. The lowest BCUT2D eigenvalue weighted by atomic mass is 9.75. The molecule has 5 nitrogen and oxygen atoms in total. The van der Waals surface area contributed by atoms with Crippen molar-refractivity contribution >= 4 is 26.9 Å². The third-order valence-electron chi connectivity index (χ3n) is 6.36. The van der Waals surface area contributed by atoms with Crippen LogP contribution in [0.25, 0.3) is 10.8 Å². The molecule has 2 fully saturated rings. The van der Waals surface area contributed by atoms with Crippen molar-refractivity contribution in [2.24, 2.45) is 11.3 Å². The van der Waals surface area contributed by atoms with E-state index in [4.69, 9.17) is 8.92 Å². The minimum absolute atomic E-state index is 0.107. The first-order valence-corrected chi connectivity index (χ1v) is 11.6. The Kier molecular flexibility index (Phi) is 4.63. The van der Waals surface area contributed by atoms with E-state index in [1.807, 2.05) is 36.4 Å². The predicted molar refractivity (Wildman–Crippen MR) is 117 cm³/mol. The number of allylic oxidation sites excluding steroid dienone is 1. The highest BCUT2D eigenvalue weighted by Gasteiger charge is 2.55. The van der Waals surface area contributed by atoms with E-state index in [-0.39, 0.29) is 22.5 Å². The van der Waals surface area contributed by atoms with Gasteiger partial charge in [-0.3, -0.25) is 4.79 Å². The van der Waals surface area contributed by atoms with Gasteiger partial charge in [0.2, 0.25) is 0 Å². The molecule has 0 N–H and O–H groups in total. The van der Waals surface area contributed by atoms with Gasteiger partial charge in [-0.15, -0.1) is 0 Å². The van der Waals surface area contributed by atoms with Gasteiger partial charge in [-0.25, -0.2) is 0 Å². The summed E-state index contributed by atoms with van der Waals surface area (Å²) in [6.45, 7) is 4.51. The summed E-state index contributed by atoms with van der Waals surface area (Å²) in [7, 11) is -3.96. The Hall–Kier alpha value is -3.12. The molecule has 2 unspecified atom stereocenters. The third-order valence-corrected chi connectivity index (χ3v) is 7.61. The number of esters is 1. The molecule has 1 aliphatic heterocycles. The molecule has 0 aromatic heterocycles. The van der Waals surface area contributed by atoms with Gasteiger partial charge >= 0.3 is 16.1 Å². The monoisotopic (exact) mass is 434 g/mol. The molecule has 2 atom stereocenters. The number of carbonyl (C=O) groups excluding carboxylic acids is 1. The summed E-state index contributed by atoms with van der Waals surface area (Å²) in [5.41, 5.74) is 1.48. The number of hydrogen-bond donors (Lipinski definition) is 0. The number of benzene rings is 3. The SMILES string of the molecule is C=C1CC2COC(=O)C2(Cc2ccc(OS(=O)(=O)c3ccc4ccccc4c3)cc2)C1. The third kappa shape index (κ3) is 3.51. The summed E-state index contributed by atoms with van der Waals surface area (Å²) >= 11 is 0. The molecule has 5 rings (SSSR count). The van der Waals surface area contributed by atoms with Crippen molar-refractivity contribution in [2.45, 2.75) is 24.2 Å². The van der Waals surface area contributed by atoms with Crippen molar-refractivity contribution in [1.29, 1.82) is 0 Å². The van der Waals surface area contributed by atoms with Crippen LogP contribution in [0.15, 0.2) is 83.8 Å². The number of ether oxygens (including phenoxy) is 1. The Bertz CT molecular complexity index is 1290. The summed E-state index contributed by atoms with van der Waals surface area (Å²) < 4.78 is 36.2. The average molecular weight is 435 g/mol. The lowest BCUT2D eigenvalue weighted by Gasteiger charge is -2.24. The second-order valence-corrected chi connectivity index (χ2v) is 10.00. The first kappa shape index (κ1) is 19.8. The zero-order chi connectivity index (χ0) is 21.6. The maximum absolute atomic E-state index is 12.7. The average Bonchev–Trinajstić information content (AvgIpc) is 3.22. The van der Waals surface area contributed by atoms with Crippen LogP contribution in [0.2, 0.25) is 0 Å². The Morgan fingerprint density at radius 2 is 1.77 bits per heavy atom. The number of cyclic esters (lactones) is 1. The van der Waals surface area contributed by atoms with Crippen molar-refractivity contribution in [1.82, 2.24) is 0 Å². The largest absolute Gasteiger partial charge is 0.465 e. The first-order valence-electron chi connectivity index (χ1n) is 10.2. The van der Waals surface area contributed by atoms with Crippen LogP contribution in [0.3, 0.4) is 0 Å². The fraction of sp³-hybridized carbons (Fsp3) is 0.240. The summed E-state index contributed by atoms with van der Waals surface area (Å²) in [5.74, 6) is 0.239. The van der Waals surface area contributed by atoms with Crippen LogP contribution in [-0.4, -0.2) is 21.0 Å². The molecule has 1 saturated carbocycles. The minimum atomic E-state index is -3.96. The fourth-order valence-electron chi connectivity index (χ4n) is 4.79. The van der Waals surface area contributed by atoms with Gasteiger partial charge in [0.1, 0.15) is 10.6 Å². The molecular weight excluding hydrogens is 412 g/mol. The van der Waals surface area contributed by atoms with Crippen LogP contribution >= 0.6 is 0 Å². The Labute approximate surface area is 181 Å². The van der Waals surface area contributed by atoms with Crippen molar-refractivity contribution in [3.05, 3.63) is 84.4 Å². The Morgan fingerprint density at radius 3 is 2.55 bits per heavy atom. The molecular formula is C25H22O5S. The highest BCUT2D eigenvalue weighted by atomic mass is 32.2. The lowest BCUT2D eigenvalue weighted by Crippen LogP contribution is -2.31. The molecule has 3 aromatic carbocycles. The summed E-state index contributed by atoms with van der Waals surface area (Å²) in [4.78, 5) is 12.6. The van der Waals surface area contributed by atoms with Gasteiger partial charge in [0.05, 0.1) is 12.0 Å². The number of carbonyl (C=O) groups is 1. The molecule has 158 valence electrons. The maximum atomic E-state index is 12.7. The molecule has 0 spiro atoms. The van der Waals surface area contributed by atoms with E-state index in [0.29, 0.717) is 19.4 Å². The zero-order valence-corrected chi connectivity index (χ0v) is 17.7. The predicted octanol–water partition coefficient (Wildman–Crippen LogP) is 4.66. The molecule has 3 aromatic rings. The van der Waals surface area contributed by atoms with Gasteiger partial charge in [-0.05, 0) is 59.9 Å². The van der Waals surface area contributed by atoms with E-state index in [1.54, 1.807) is 30.3 Å². The molecule has 1 heterocycles. The van der Waals surface area contributed by atoms with Crippen LogP contribution in [-0.2, 0) is 26.1 Å². The van der Waals surface area contributed by atoms with Crippen molar-refractivity contribution in [3.8, 4) is 5.75 Å². The summed E-state index contributed by atoms with van der Waals surface area (Å²) in [6.07, 6.45) is 2.01. The maximum Gasteiger partial charge on any atom is 0.339 e. The first-order chi connectivity index (χ1) is 14.9. The molecule has 6 heteroatoms. The van der Waals surface area contributed by atoms with Gasteiger partial charge in [-0.1, -0.05) is 54.6 Å². The molecule has 1 saturated heterocycles. The van der Waals surface area contributed by atoms with Gasteiger partial charge < -0.3 is 8.92 Å². The molecule has 2 aliphatic rings. The van der Waals surface area contributed by atoms with Crippen molar-refractivity contribution < 1.29 is 22.1 Å². The topological polar surface area (TPSA) is 69.7 Å². The Morgan fingerprint density at radius 1 is 1.03 bits per heavy atom. The van der Waals surface area contributed by atoms with Gasteiger partial charge in [0, 0.05) is 5.92 Å². The highest BCUT2D eigenvalue weighted by molar-refractivity contribution is 7.87. The number of fused-ring (bicyclic) bond motifs is 2. The van der Waals surface area contributed by atoms with E-state index < -0.39 is 15.5 Å². The van der Waals surface area contributed by atoms with Crippen LogP contribution in [0, 0.1) is 11.3 Å². The standard InChI is InChI=1S/C25H22O5S/c1-17-12-21-16-29-24(26)25(21,14-17)15-18-6-9-22(10-7-18)30-31(27,28)23-11-8-19-4-2-3-5-20(19)13-23/h2-11,13,21H,1,12,14-16H2. The van der Waals surface area contributed by atoms with Crippen LogP contribution in [0.4, 0.5) is 0 Å². The number of hydrogen-bond acceptors (Lipinski definition) is 5. The highest BCUT2D eigenvalue weighted by Crippen LogP contribution is 2.52. The van der Waals surface area contributed by atoms with E-state index >= 15 is 0 Å². The summed E-state index contributed by atoms with van der Waals surface area (Å²) in [5, 5.41) is 1.79. The normalized spacial score (nSPS) is 23.0. The van der Waals surface area contributed by atoms with Gasteiger partial charge in [0.15, 0.2) is 0 Å². The lowest BCUT2D eigenvalue weighted by molar-refractivity contribution is -0.146. The van der Waals surface area contributed by atoms with Crippen molar-refractivity contribution in [2.75, 3.05) is 6.61 Å². The van der Waals surface area contributed by atoms with Crippen molar-refractivity contribution in [3.63, 3.8) is 0 Å². The van der Waals surface area contributed by atoms with E-state index in [2.05, 4.69) is 6.58 Å². The number of rotatable bonds is 5. The molecule has 1 aliphatic carbocycles. The van der Waals surface area contributed by atoms with Crippen LogP contribution < -0.4 is 4.18 Å². The molecule has 0 radical (unpaired) electrons.